The molecule has 2 aromatic heterocycles. The Morgan fingerprint density at radius 1 is 0.810 bits per heavy atom. The molecule has 0 radical (unpaired) electrons. The van der Waals surface area contributed by atoms with E-state index in [1.54, 1.807) is 0 Å². The van der Waals surface area contributed by atoms with Gasteiger partial charge in [0.25, 0.3) is 0 Å². The van der Waals surface area contributed by atoms with Crippen molar-refractivity contribution in [2.75, 3.05) is 0 Å². The van der Waals surface area contributed by atoms with E-state index in [1.165, 1.54) is 11.1 Å². The molecule has 0 bridgehead atoms. The number of thioether (sulfide) groups is 1. The number of hydrogen-bond acceptors (Lipinski definition) is 3. The SMILES string of the molecule is CCC(SC(CC)c1cc(C)oc1C)c1cc(C)oc1C. The molecule has 2 aromatic rings. The summed E-state index contributed by atoms with van der Waals surface area (Å²) in [5, 5.41) is 0.948. The third kappa shape index (κ3) is 3.57. The van der Waals surface area contributed by atoms with Crippen LogP contribution in [0.2, 0.25) is 0 Å². The number of rotatable bonds is 6. The van der Waals surface area contributed by atoms with Crippen molar-refractivity contribution in [1.29, 1.82) is 0 Å². The standard InChI is InChI=1S/C18H26O2S/c1-7-17(15-9-11(3)19-13(15)5)21-18(8-2)16-10-12(4)20-14(16)6/h9-10,17-18H,7-8H2,1-6H3. The Bertz CT molecular complexity index is 542. The van der Waals surface area contributed by atoms with E-state index in [0.717, 1.165) is 35.9 Å². The van der Waals surface area contributed by atoms with E-state index >= 15 is 0 Å². The molecule has 0 aliphatic heterocycles. The van der Waals surface area contributed by atoms with Crippen LogP contribution in [0.5, 0.6) is 0 Å². The first-order valence-electron chi connectivity index (χ1n) is 7.75. The maximum atomic E-state index is 5.71. The highest BCUT2D eigenvalue weighted by atomic mass is 32.2. The maximum absolute atomic E-state index is 5.71. The van der Waals surface area contributed by atoms with Crippen molar-refractivity contribution in [3.05, 3.63) is 46.3 Å². The summed E-state index contributed by atoms with van der Waals surface area (Å²) in [4.78, 5) is 0. The van der Waals surface area contributed by atoms with Gasteiger partial charge in [0.2, 0.25) is 0 Å². The van der Waals surface area contributed by atoms with Gasteiger partial charge in [-0.15, -0.1) is 11.8 Å². The molecule has 116 valence electrons. The van der Waals surface area contributed by atoms with Gasteiger partial charge in [-0.1, -0.05) is 13.8 Å². The molecule has 3 heteroatoms. The van der Waals surface area contributed by atoms with Gasteiger partial charge in [-0.25, -0.2) is 0 Å². The monoisotopic (exact) mass is 306 g/mol. The fourth-order valence-electron chi connectivity index (χ4n) is 2.92. The highest BCUT2D eigenvalue weighted by molar-refractivity contribution is 7.99. The van der Waals surface area contributed by atoms with E-state index in [-0.39, 0.29) is 0 Å². The molecule has 2 atom stereocenters. The molecular formula is C18H26O2S. The fraction of sp³-hybridized carbons (Fsp3) is 0.556. The summed E-state index contributed by atoms with van der Waals surface area (Å²) in [6, 6.07) is 4.38. The molecule has 0 spiro atoms. The molecular weight excluding hydrogens is 280 g/mol. The van der Waals surface area contributed by atoms with Gasteiger partial charge in [-0.2, -0.15) is 0 Å². The van der Waals surface area contributed by atoms with E-state index in [1.807, 2.05) is 25.6 Å². The predicted molar refractivity (Wildman–Crippen MR) is 90.0 cm³/mol. The maximum Gasteiger partial charge on any atom is 0.105 e. The first-order chi connectivity index (χ1) is 9.96. The minimum absolute atomic E-state index is 0.474. The molecule has 0 saturated carbocycles. The summed E-state index contributed by atoms with van der Waals surface area (Å²) in [5.41, 5.74) is 2.69. The lowest BCUT2D eigenvalue weighted by Crippen LogP contribution is -2.00. The lowest BCUT2D eigenvalue weighted by Gasteiger charge is -2.21. The molecule has 2 rings (SSSR count). The Morgan fingerprint density at radius 3 is 1.43 bits per heavy atom. The molecule has 21 heavy (non-hydrogen) atoms. The summed E-state index contributed by atoms with van der Waals surface area (Å²) in [6.07, 6.45) is 2.22. The van der Waals surface area contributed by atoms with Gasteiger partial charge < -0.3 is 8.83 Å². The Morgan fingerprint density at radius 2 is 1.19 bits per heavy atom. The second-order valence-electron chi connectivity index (χ2n) is 5.67. The van der Waals surface area contributed by atoms with Gasteiger partial charge in [-0.3, -0.25) is 0 Å². The first kappa shape index (κ1) is 16.3. The van der Waals surface area contributed by atoms with Gasteiger partial charge in [0.05, 0.1) is 0 Å². The molecule has 2 nitrogen and oxygen atoms in total. The third-order valence-corrected chi connectivity index (χ3v) is 5.75. The molecule has 2 heterocycles. The Balaban J connectivity index is 2.23. The largest absolute Gasteiger partial charge is 0.466 e. The summed E-state index contributed by atoms with van der Waals surface area (Å²) in [7, 11) is 0. The highest BCUT2D eigenvalue weighted by Crippen LogP contribution is 2.46. The minimum atomic E-state index is 0.474. The Hall–Kier alpha value is -1.09. The molecule has 0 amide bonds. The smallest absolute Gasteiger partial charge is 0.105 e. The summed E-state index contributed by atoms with van der Waals surface area (Å²) in [5.74, 6) is 4.12. The fourth-order valence-corrected chi connectivity index (χ4v) is 4.46. The first-order valence-corrected chi connectivity index (χ1v) is 8.69. The van der Waals surface area contributed by atoms with Crippen molar-refractivity contribution in [2.24, 2.45) is 0 Å². The lowest BCUT2D eigenvalue weighted by atomic mass is 10.1. The molecule has 2 unspecified atom stereocenters. The van der Waals surface area contributed by atoms with Crippen LogP contribution in [-0.4, -0.2) is 0 Å². The van der Waals surface area contributed by atoms with Crippen LogP contribution in [0.15, 0.2) is 21.0 Å². The van der Waals surface area contributed by atoms with Gasteiger partial charge >= 0.3 is 0 Å². The van der Waals surface area contributed by atoms with Crippen LogP contribution in [-0.2, 0) is 0 Å². The van der Waals surface area contributed by atoms with E-state index in [0.29, 0.717) is 10.5 Å². The minimum Gasteiger partial charge on any atom is -0.466 e. The quantitative estimate of drug-likeness (QED) is 0.614. The molecule has 0 aromatic carbocycles. The van der Waals surface area contributed by atoms with Crippen molar-refractivity contribution >= 4 is 11.8 Å². The van der Waals surface area contributed by atoms with E-state index < -0.39 is 0 Å². The normalized spacial score (nSPS) is 14.4. The molecule has 0 N–H and O–H groups in total. The van der Waals surface area contributed by atoms with Crippen molar-refractivity contribution < 1.29 is 8.83 Å². The summed E-state index contributed by atoms with van der Waals surface area (Å²) >= 11 is 2.03. The van der Waals surface area contributed by atoms with Gasteiger partial charge in [0.15, 0.2) is 0 Å². The number of aryl methyl sites for hydroxylation is 4. The summed E-state index contributed by atoms with van der Waals surface area (Å²) in [6.45, 7) is 12.7. The zero-order chi connectivity index (χ0) is 15.6. The van der Waals surface area contributed by atoms with Crippen LogP contribution in [0.1, 0.15) is 71.4 Å². The van der Waals surface area contributed by atoms with Gasteiger partial charge in [0, 0.05) is 21.6 Å². The van der Waals surface area contributed by atoms with Crippen LogP contribution >= 0.6 is 11.8 Å². The van der Waals surface area contributed by atoms with E-state index in [4.69, 9.17) is 8.83 Å². The van der Waals surface area contributed by atoms with Crippen LogP contribution in [0, 0.1) is 27.7 Å². The highest BCUT2D eigenvalue weighted by Gasteiger charge is 2.23. The number of furan rings is 2. The second-order valence-corrected chi connectivity index (χ2v) is 7.08. The second kappa shape index (κ2) is 6.78. The van der Waals surface area contributed by atoms with Gasteiger partial charge in [-0.05, 0) is 52.7 Å². The summed E-state index contributed by atoms with van der Waals surface area (Å²) < 4.78 is 11.4. The topological polar surface area (TPSA) is 26.3 Å². The van der Waals surface area contributed by atoms with E-state index in [9.17, 15) is 0 Å². The zero-order valence-corrected chi connectivity index (χ0v) is 14.8. The molecule has 0 aliphatic rings. The third-order valence-electron chi connectivity index (χ3n) is 3.92. The van der Waals surface area contributed by atoms with E-state index in [2.05, 4.69) is 39.8 Å². The molecule has 0 aliphatic carbocycles. The van der Waals surface area contributed by atoms with Crippen LogP contribution in [0.25, 0.3) is 0 Å². The number of hydrogen-bond donors (Lipinski definition) is 0. The predicted octanol–water partition coefficient (Wildman–Crippen LogP) is 6.44. The van der Waals surface area contributed by atoms with Crippen LogP contribution < -0.4 is 0 Å². The molecule has 0 fully saturated rings. The average Bonchev–Trinajstić information content (AvgIpc) is 2.93. The molecule has 0 saturated heterocycles. The van der Waals surface area contributed by atoms with Crippen LogP contribution in [0.4, 0.5) is 0 Å². The Kier molecular flexibility index (Phi) is 5.26. The van der Waals surface area contributed by atoms with Crippen LogP contribution in [0.3, 0.4) is 0 Å². The average molecular weight is 306 g/mol. The van der Waals surface area contributed by atoms with Crippen molar-refractivity contribution in [2.45, 2.75) is 64.9 Å². The van der Waals surface area contributed by atoms with Gasteiger partial charge in [0.1, 0.15) is 23.0 Å². The zero-order valence-electron chi connectivity index (χ0n) is 13.9. The van der Waals surface area contributed by atoms with Crippen molar-refractivity contribution in [1.82, 2.24) is 0 Å². The van der Waals surface area contributed by atoms with Crippen molar-refractivity contribution in [3.8, 4) is 0 Å². The lowest BCUT2D eigenvalue weighted by molar-refractivity contribution is 0.500. The van der Waals surface area contributed by atoms with Crippen molar-refractivity contribution in [3.63, 3.8) is 0 Å². The Labute approximate surface area is 132 Å².